The molecule has 0 aliphatic carbocycles. The number of benzene rings is 1. The van der Waals surface area contributed by atoms with Crippen molar-refractivity contribution in [3.8, 4) is 0 Å². The van der Waals surface area contributed by atoms with E-state index in [0.717, 1.165) is 26.2 Å². The summed E-state index contributed by atoms with van der Waals surface area (Å²) in [6, 6.07) is 10.7. The molecule has 0 aromatic heterocycles. The van der Waals surface area contributed by atoms with E-state index in [1.807, 2.05) is 21.0 Å². The van der Waals surface area contributed by atoms with Crippen molar-refractivity contribution in [1.82, 2.24) is 15.1 Å². The predicted molar refractivity (Wildman–Crippen MR) is 91.0 cm³/mol. The van der Waals surface area contributed by atoms with Crippen LogP contribution in [-0.2, 0) is 4.79 Å². The Morgan fingerprint density at radius 1 is 1.32 bits per heavy atom. The standard InChI is InChI=1S/C18H29N3O/c1-4-20(3)18(22)17(19-2)14-21-12-10-16(11-13-21)15-8-6-5-7-9-15/h5-9,16-17,19H,4,10-14H2,1-3H3/t17-/m0/s1. The van der Waals surface area contributed by atoms with Crippen molar-refractivity contribution in [3.63, 3.8) is 0 Å². The number of amides is 1. The molecule has 22 heavy (non-hydrogen) atoms. The summed E-state index contributed by atoms with van der Waals surface area (Å²) in [6.45, 7) is 5.71. The highest BCUT2D eigenvalue weighted by molar-refractivity contribution is 5.81. The Bertz CT molecular complexity index is 455. The van der Waals surface area contributed by atoms with E-state index in [2.05, 4.69) is 40.5 Å². The molecular weight excluding hydrogens is 274 g/mol. The third-order valence-corrected chi connectivity index (χ3v) is 4.80. The lowest BCUT2D eigenvalue weighted by Gasteiger charge is -2.34. The monoisotopic (exact) mass is 303 g/mol. The average Bonchev–Trinajstić information content (AvgIpc) is 2.59. The minimum absolute atomic E-state index is 0.0989. The van der Waals surface area contributed by atoms with E-state index in [-0.39, 0.29) is 11.9 Å². The minimum atomic E-state index is -0.0989. The molecule has 1 aromatic carbocycles. The third-order valence-electron chi connectivity index (χ3n) is 4.80. The quantitative estimate of drug-likeness (QED) is 0.872. The van der Waals surface area contributed by atoms with Crippen molar-refractivity contribution in [2.45, 2.75) is 31.7 Å². The Morgan fingerprint density at radius 2 is 1.95 bits per heavy atom. The van der Waals surface area contributed by atoms with E-state index >= 15 is 0 Å². The van der Waals surface area contributed by atoms with Gasteiger partial charge in [-0.1, -0.05) is 30.3 Å². The number of rotatable bonds is 6. The van der Waals surface area contributed by atoms with Gasteiger partial charge in [-0.2, -0.15) is 0 Å². The highest BCUT2D eigenvalue weighted by Crippen LogP contribution is 2.27. The van der Waals surface area contributed by atoms with E-state index in [1.54, 1.807) is 4.90 Å². The van der Waals surface area contributed by atoms with Crippen LogP contribution in [0.1, 0.15) is 31.2 Å². The van der Waals surface area contributed by atoms with E-state index in [1.165, 1.54) is 18.4 Å². The zero-order valence-corrected chi connectivity index (χ0v) is 14.1. The summed E-state index contributed by atoms with van der Waals surface area (Å²) in [5, 5.41) is 3.17. The largest absolute Gasteiger partial charge is 0.345 e. The van der Waals surface area contributed by atoms with Crippen LogP contribution in [-0.4, -0.2) is 62.0 Å². The van der Waals surface area contributed by atoms with Gasteiger partial charge in [-0.15, -0.1) is 0 Å². The summed E-state index contributed by atoms with van der Waals surface area (Å²) in [5.74, 6) is 0.856. The first-order valence-electron chi connectivity index (χ1n) is 8.35. The summed E-state index contributed by atoms with van der Waals surface area (Å²) in [6.07, 6.45) is 2.36. The molecule has 1 fully saturated rings. The van der Waals surface area contributed by atoms with Crippen LogP contribution in [0.4, 0.5) is 0 Å². The van der Waals surface area contributed by atoms with Gasteiger partial charge in [0.1, 0.15) is 0 Å². The molecule has 122 valence electrons. The van der Waals surface area contributed by atoms with Crippen molar-refractivity contribution in [2.24, 2.45) is 0 Å². The first kappa shape index (κ1) is 17.0. The fourth-order valence-electron chi connectivity index (χ4n) is 3.15. The third kappa shape index (κ3) is 4.31. The highest BCUT2D eigenvalue weighted by Gasteiger charge is 2.26. The Hall–Kier alpha value is -1.39. The second kappa shape index (κ2) is 8.30. The molecule has 0 spiro atoms. The summed E-state index contributed by atoms with van der Waals surface area (Å²) in [4.78, 5) is 16.5. The van der Waals surface area contributed by atoms with Gasteiger partial charge in [0.15, 0.2) is 0 Å². The topological polar surface area (TPSA) is 35.6 Å². The van der Waals surface area contributed by atoms with Crippen LogP contribution in [0.25, 0.3) is 0 Å². The molecule has 1 atom stereocenters. The van der Waals surface area contributed by atoms with Gasteiger partial charge in [0.25, 0.3) is 0 Å². The van der Waals surface area contributed by atoms with Crippen LogP contribution in [0.3, 0.4) is 0 Å². The number of carbonyl (C=O) groups is 1. The van der Waals surface area contributed by atoms with Gasteiger partial charge in [0.2, 0.25) is 5.91 Å². The van der Waals surface area contributed by atoms with E-state index in [9.17, 15) is 4.79 Å². The molecule has 4 heteroatoms. The first-order valence-corrected chi connectivity index (χ1v) is 8.35. The molecule has 1 heterocycles. The molecule has 1 aliphatic heterocycles. The molecule has 0 radical (unpaired) electrons. The number of likely N-dealkylation sites (tertiary alicyclic amines) is 1. The van der Waals surface area contributed by atoms with Gasteiger partial charge in [-0.25, -0.2) is 0 Å². The van der Waals surface area contributed by atoms with Crippen molar-refractivity contribution in [1.29, 1.82) is 0 Å². The fraction of sp³-hybridized carbons (Fsp3) is 0.611. The molecule has 1 saturated heterocycles. The van der Waals surface area contributed by atoms with Crippen LogP contribution >= 0.6 is 0 Å². The zero-order valence-electron chi connectivity index (χ0n) is 14.1. The molecule has 0 unspecified atom stereocenters. The van der Waals surface area contributed by atoms with E-state index < -0.39 is 0 Å². The summed E-state index contributed by atoms with van der Waals surface area (Å²) < 4.78 is 0. The molecule has 2 rings (SSSR count). The van der Waals surface area contributed by atoms with Crippen molar-refractivity contribution < 1.29 is 4.79 Å². The van der Waals surface area contributed by atoms with Crippen molar-refractivity contribution >= 4 is 5.91 Å². The Balaban J connectivity index is 1.85. The lowest BCUT2D eigenvalue weighted by atomic mass is 9.89. The minimum Gasteiger partial charge on any atom is -0.345 e. The van der Waals surface area contributed by atoms with Gasteiger partial charge in [0.05, 0.1) is 6.04 Å². The van der Waals surface area contributed by atoms with Gasteiger partial charge in [-0.3, -0.25) is 4.79 Å². The van der Waals surface area contributed by atoms with Crippen LogP contribution in [0.15, 0.2) is 30.3 Å². The molecular formula is C18H29N3O. The van der Waals surface area contributed by atoms with Gasteiger partial charge >= 0.3 is 0 Å². The Kier molecular flexibility index (Phi) is 6.40. The number of carbonyl (C=O) groups excluding carboxylic acids is 1. The zero-order chi connectivity index (χ0) is 15.9. The number of nitrogens with zero attached hydrogens (tertiary/aromatic N) is 2. The maximum atomic E-state index is 12.3. The van der Waals surface area contributed by atoms with Gasteiger partial charge in [-0.05, 0) is 51.4 Å². The fourth-order valence-corrected chi connectivity index (χ4v) is 3.15. The molecule has 0 saturated carbocycles. The molecule has 1 aliphatic rings. The van der Waals surface area contributed by atoms with Crippen LogP contribution in [0.2, 0.25) is 0 Å². The second-order valence-corrected chi connectivity index (χ2v) is 6.18. The van der Waals surface area contributed by atoms with Crippen LogP contribution in [0, 0.1) is 0 Å². The predicted octanol–water partition coefficient (Wildman–Crippen LogP) is 1.93. The molecule has 4 nitrogen and oxygen atoms in total. The lowest BCUT2D eigenvalue weighted by Crippen LogP contribution is -2.51. The van der Waals surface area contributed by atoms with E-state index in [0.29, 0.717) is 5.92 Å². The number of piperidine rings is 1. The molecule has 1 amide bonds. The van der Waals surface area contributed by atoms with Crippen LogP contribution in [0.5, 0.6) is 0 Å². The second-order valence-electron chi connectivity index (χ2n) is 6.18. The molecule has 1 N–H and O–H groups in total. The maximum Gasteiger partial charge on any atom is 0.240 e. The summed E-state index contributed by atoms with van der Waals surface area (Å²) in [5.41, 5.74) is 1.45. The Labute approximate surface area is 134 Å². The Morgan fingerprint density at radius 3 is 2.50 bits per heavy atom. The van der Waals surface area contributed by atoms with Crippen molar-refractivity contribution in [3.05, 3.63) is 35.9 Å². The smallest absolute Gasteiger partial charge is 0.240 e. The molecule has 1 aromatic rings. The summed E-state index contributed by atoms with van der Waals surface area (Å²) >= 11 is 0. The number of hydrogen-bond donors (Lipinski definition) is 1. The number of nitrogens with one attached hydrogen (secondary N) is 1. The number of likely N-dealkylation sites (N-methyl/N-ethyl adjacent to an activating group) is 2. The van der Waals surface area contributed by atoms with Crippen LogP contribution < -0.4 is 5.32 Å². The van der Waals surface area contributed by atoms with Crippen molar-refractivity contribution in [2.75, 3.05) is 40.3 Å². The van der Waals surface area contributed by atoms with E-state index in [4.69, 9.17) is 0 Å². The summed E-state index contributed by atoms with van der Waals surface area (Å²) in [7, 11) is 3.75. The van der Waals surface area contributed by atoms with Gasteiger partial charge < -0.3 is 15.1 Å². The lowest BCUT2D eigenvalue weighted by molar-refractivity contribution is -0.132. The first-order chi connectivity index (χ1) is 10.7. The molecule has 0 bridgehead atoms. The normalized spacial score (nSPS) is 18.1. The average molecular weight is 303 g/mol. The number of hydrogen-bond acceptors (Lipinski definition) is 3. The SMILES string of the molecule is CCN(C)C(=O)[C@H](CN1CCC(c2ccccc2)CC1)NC. The van der Waals surface area contributed by atoms with Gasteiger partial charge in [0, 0.05) is 20.1 Å². The highest BCUT2D eigenvalue weighted by atomic mass is 16.2. The maximum absolute atomic E-state index is 12.3.